The van der Waals surface area contributed by atoms with E-state index in [1.807, 2.05) is 11.4 Å². The zero-order valence-electron chi connectivity index (χ0n) is 11.3. The normalized spacial score (nSPS) is 10.5. The van der Waals surface area contributed by atoms with Gasteiger partial charge in [-0.25, -0.2) is 4.98 Å². The Morgan fingerprint density at radius 2 is 2.29 bits per heavy atom. The summed E-state index contributed by atoms with van der Waals surface area (Å²) in [5.41, 5.74) is 0. The molecule has 1 N–H and O–H groups in total. The highest BCUT2D eigenvalue weighted by Crippen LogP contribution is 2.12. The molecule has 0 bridgehead atoms. The number of hydrogen-bond acceptors (Lipinski definition) is 8. The predicted octanol–water partition coefficient (Wildman–Crippen LogP) is 1.18. The topological polar surface area (TPSA) is 90.6 Å². The molecule has 108 valence electrons. The lowest BCUT2D eigenvalue weighted by Crippen LogP contribution is -2.10. The Bertz CT molecular complexity index is 684. The van der Waals surface area contributed by atoms with E-state index in [0.29, 0.717) is 18.5 Å². The Hall–Kier alpha value is -2.55. The number of aromatic nitrogens is 6. The Morgan fingerprint density at radius 3 is 3.00 bits per heavy atom. The number of ether oxygens (including phenoxy) is 1. The van der Waals surface area contributed by atoms with Crippen LogP contribution in [-0.2, 0) is 6.42 Å². The van der Waals surface area contributed by atoms with E-state index in [9.17, 15) is 0 Å². The summed E-state index contributed by atoms with van der Waals surface area (Å²) in [6, 6.07) is 4.35. The minimum absolute atomic E-state index is 0.261. The van der Waals surface area contributed by atoms with Gasteiger partial charge in [-0.15, -0.1) is 11.3 Å². The molecule has 3 heterocycles. The molecule has 0 aliphatic heterocycles. The molecule has 0 spiro atoms. The molecule has 3 aromatic heterocycles. The van der Waals surface area contributed by atoms with Crippen LogP contribution >= 0.6 is 11.3 Å². The Labute approximate surface area is 124 Å². The van der Waals surface area contributed by atoms with E-state index in [1.54, 1.807) is 18.4 Å². The van der Waals surface area contributed by atoms with Crippen LogP contribution in [-0.4, -0.2) is 43.4 Å². The molecule has 3 rings (SSSR count). The van der Waals surface area contributed by atoms with Crippen LogP contribution in [0.4, 0.5) is 5.95 Å². The number of thiophene rings is 1. The first kappa shape index (κ1) is 13.4. The first-order chi connectivity index (χ1) is 10.3. The van der Waals surface area contributed by atoms with Crippen LogP contribution in [0.2, 0.25) is 0 Å². The monoisotopic (exact) mass is 303 g/mol. The molecule has 9 heteroatoms. The Kier molecular flexibility index (Phi) is 4.01. The van der Waals surface area contributed by atoms with Crippen molar-refractivity contribution in [3.05, 3.63) is 35.0 Å². The van der Waals surface area contributed by atoms with Gasteiger partial charge in [0.05, 0.1) is 6.61 Å². The van der Waals surface area contributed by atoms with E-state index < -0.39 is 0 Å². The molecule has 8 nitrogen and oxygen atoms in total. The summed E-state index contributed by atoms with van der Waals surface area (Å²) in [6.07, 6.45) is 3.75. The molecule has 0 aromatic carbocycles. The second-order valence-electron chi connectivity index (χ2n) is 4.01. The second-order valence-corrected chi connectivity index (χ2v) is 5.04. The van der Waals surface area contributed by atoms with Crippen molar-refractivity contribution in [2.45, 2.75) is 6.42 Å². The summed E-state index contributed by atoms with van der Waals surface area (Å²) in [7, 11) is 1.73. The summed E-state index contributed by atoms with van der Waals surface area (Å²) in [5.74, 6) is 0.777. The van der Waals surface area contributed by atoms with Gasteiger partial charge in [0.2, 0.25) is 5.95 Å². The summed E-state index contributed by atoms with van der Waals surface area (Å²) in [6.45, 7) is 0.504. The van der Waals surface area contributed by atoms with Crippen LogP contribution in [0, 0.1) is 0 Å². The van der Waals surface area contributed by atoms with Crippen LogP contribution in [0.5, 0.6) is 6.01 Å². The largest absolute Gasteiger partial charge is 0.463 e. The van der Waals surface area contributed by atoms with Crippen molar-refractivity contribution >= 4 is 17.3 Å². The summed E-state index contributed by atoms with van der Waals surface area (Å²) < 4.78 is 7.06. The predicted molar refractivity (Wildman–Crippen MR) is 77.8 cm³/mol. The van der Waals surface area contributed by atoms with Crippen LogP contribution < -0.4 is 10.1 Å². The average Bonchev–Trinajstić information content (AvgIpc) is 3.20. The molecule has 0 aliphatic rings. The summed E-state index contributed by atoms with van der Waals surface area (Å²) in [4.78, 5) is 17.7. The molecule has 21 heavy (non-hydrogen) atoms. The van der Waals surface area contributed by atoms with Crippen LogP contribution in [0.1, 0.15) is 4.88 Å². The Morgan fingerprint density at radius 1 is 1.33 bits per heavy atom. The molecule has 0 aliphatic carbocycles. The molecule has 0 fully saturated rings. The maximum atomic E-state index is 5.60. The van der Waals surface area contributed by atoms with E-state index in [4.69, 9.17) is 4.74 Å². The zero-order chi connectivity index (χ0) is 14.5. The number of hydrogen-bond donors (Lipinski definition) is 1. The third-order valence-corrected chi connectivity index (χ3v) is 3.55. The second kappa shape index (κ2) is 6.27. The zero-order valence-corrected chi connectivity index (χ0v) is 12.1. The van der Waals surface area contributed by atoms with Gasteiger partial charge in [0.25, 0.3) is 5.95 Å². The van der Waals surface area contributed by atoms with Crippen molar-refractivity contribution in [3.63, 3.8) is 0 Å². The number of nitrogens with zero attached hydrogens (tertiary/aromatic N) is 6. The highest BCUT2D eigenvalue weighted by Gasteiger charge is 2.09. The van der Waals surface area contributed by atoms with Gasteiger partial charge in [-0.05, 0) is 11.4 Å². The summed E-state index contributed by atoms with van der Waals surface area (Å²) in [5, 5.41) is 8.91. The van der Waals surface area contributed by atoms with E-state index >= 15 is 0 Å². The van der Waals surface area contributed by atoms with Gasteiger partial charge in [0, 0.05) is 18.3 Å². The quantitative estimate of drug-likeness (QED) is 0.731. The lowest BCUT2D eigenvalue weighted by atomic mass is 10.4. The molecule has 0 radical (unpaired) electrons. The lowest BCUT2D eigenvalue weighted by Gasteiger charge is -2.07. The maximum absolute atomic E-state index is 5.60. The molecule has 0 saturated carbocycles. The highest BCUT2D eigenvalue weighted by atomic mass is 32.1. The first-order valence-electron chi connectivity index (χ1n) is 6.29. The van der Waals surface area contributed by atoms with Crippen LogP contribution in [0.25, 0.3) is 5.95 Å². The van der Waals surface area contributed by atoms with Crippen molar-refractivity contribution in [1.82, 2.24) is 29.7 Å². The molecule has 0 atom stereocenters. The van der Waals surface area contributed by atoms with E-state index in [0.717, 1.165) is 6.42 Å². The SMILES string of the molecule is CNc1nc(OCCc2cccs2)nc(-n2cncn2)n1. The Balaban J connectivity index is 1.73. The van der Waals surface area contributed by atoms with E-state index in [2.05, 4.69) is 36.4 Å². The smallest absolute Gasteiger partial charge is 0.323 e. The van der Waals surface area contributed by atoms with Gasteiger partial charge < -0.3 is 10.1 Å². The fraction of sp³-hybridized carbons (Fsp3) is 0.250. The van der Waals surface area contributed by atoms with Gasteiger partial charge in [0.1, 0.15) is 12.7 Å². The van der Waals surface area contributed by atoms with Crippen molar-refractivity contribution in [1.29, 1.82) is 0 Å². The number of nitrogens with one attached hydrogen (secondary N) is 1. The fourth-order valence-electron chi connectivity index (χ4n) is 1.63. The van der Waals surface area contributed by atoms with Crippen molar-refractivity contribution in [2.24, 2.45) is 0 Å². The van der Waals surface area contributed by atoms with Crippen LogP contribution in [0.3, 0.4) is 0 Å². The molecular weight excluding hydrogens is 290 g/mol. The van der Waals surface area contributed by atoms with Crippen molar-refractivity contribution < 1.29 is 4.74 Å². The van der Waals surface area contributed by atoms with Gasteiger partial charge >= 0.3 is 6.01 Å². The molecular formula is C12H13N7OS. The average molecular weight is 303 g/mol. The third-order valence-electron chi connectivity index (χ3n) is 2.61. The standard InChI is InChI=1S/C12H13N7OS/c1-13-10-16-11(19-8-14-7-15-19)18-12(17-10)20-5-4-9-3-2-6-21-9/h2-3,6-8H,4-5H2,1H3,(H,13,16,17,18). The van der Waals surface area contributed by atoms with Crippen molar-refractivity contribution in [3.8, 4) is 12.0 Å². The lowest BCUT2D eigenvalue weighted by molar-refractivity contribution is 0.296. The minimum atomic E-state index is 0.261. The van der Waals surface area contributed by atoms with Gasteiger partial charge in [-0.1, -0.05) is 6.07 Å². The fourth-order valence-corrected chi connectivity index (χ4v) is 2.32. The van der Waals surface area contributed by atoms with Gasteiger partial charge in [0.15, 0.2) is 0 Å². The van der Waals surface area contributed by atoms with Crippen molar-refractivity contribution in [2.75, 3.05) is 19.0 Å². The molecule has 3 aromatic rings. The minimum Gasteiger partial charge on any atom is -0.463 e. The molecule has 0 amide bonds. The highest BCUT2D eigenvalue weighted by molar-refractivity contribution is 7.09. The first-order valence-corrected chi connectivity index (χ1v) is 7.17. The number of anilines is 1. The van der Waals surface area contributed by atoms with E-state index in [-0.39, 0.29) is 6.01 Å². The number of rotatable bonds is 6. The van der Waals surface area contributed by atoms with E-state index in [1.165, 1.54) is 22.2 Å². The van der Waals surface area contributed by atoms with Crippen LogP contribution in [0.15, 0.2) is 30.2 Å². The third kappa shape index (κ3) is 3.31. The molecule has 0 saturated heterocycles. The van der Waals surface area contributed by atoms with Gasteiger partial charge in [-0.2, -0.15) is 24.7 Å². The maximum Gasteiger partial charge on any atom is 0.323 e. The van der Waals surface area contributed by atoms with Gasteiger partial charge in [-0.3, -0.25) is 0 Å². The summed E-state index contributed by atoms with van der Waals surface area (Å²) >= 11 is 1.70. The molecule has 0 unspecified atom stereocenters.